The summed E-state index contributed by atoms with van der Waals surface area (Å²) in [6.45, 7) is 12.6. The fourth-order valence-electron chi connectivity index (χ4n) is 1.79. The maximum atomic E-state index is 11.5. The van der Waals surface area contributed by atoms with Gasteiger partial charge in [-0.25, -0.2) is 4.79 Å². The highest BCUT2D eigenvalue weighted by atomic mass is 16.6. The van der Waals surface area contributed by atoms with Crippen molar-refractivity contribution in [3.63, 3.8) is 0 Å². The first-order valence-electron chi connectivity index (χ1n) is 5.48. The lowest BCUT2D eigenvalue weighted by Crippen LogP contribution is -2.68. The Morgan fingerprint density at radius 3 is 2.40 bits per heavy atom. The van der Waals surface area contributed by atoms with Crippen LogP contribution in [0, 0.1) is 0 Å². The van der Waals surface area contributed by atoms with Crippen LogP contribution in [0.3, 0.4) is 0 Å². The molecule has 0 bridgehead atoms. The molecule has 0 aliphatic carbocycles. The van der Waals surface area contributed by atoms with Gasteiger partial charge in [-0.05, 0) is 34.2 Å². The van der Waals surface area contributed by atoms with Gasteiger partial charge in [0.05, 0.1) is 5.54 Å². The SMILES string of the molecule is CCN1CC(C)(NC(=O)OC(C)(C)C)C1. The first-order chi connectivity index (χ1) is 6.74. The van der Waals surface area contributed by atoms with E-state index in [1.165, 1.54) is 0 Å². The molecule has 15 heavy (non-hydrogen) atoms. The van der Waals surface area contributed by atoms with Crippen LogP contribution in [0.2, 0.25) is 0 Å². The van der Waals surface area contributed by atoms with Crippen molar-refractivity contribution in [2.75, 3.05) is 19.6 Å². The Bertz CT molecular complexity index is 239. The summed E-state index contributed by atoms with van der Waals surface area (Å²) >= 11 is 0. The van der Waals surface area contributed by atoms with Crippen molar-refractivity contribution in [3.8, 4) is 0 Å². The highest BCUT2D eigenvalue weighted by Crippen LogP contribution is 2.20. The van der Waals surface area contributed by atoms with Gasteiger partial charge in [0.25, 0.3) is 0 Å². The number of carbonyl (C=O) groups is 1. The number of ether oxygens (including phenoxy) is 1. The van der Waals surface area contributed by atoms with Crippen LogP contribution in [0.4, 0.5) is 4.79 Å². The molecule has 0 aromatic heterocycles. The Balaban J connectivity index is 2.34. The molecule has 0 aromatic rings. The summed E-state index contributed by atoms with van der Waals surface area (Å²) in [5, 5.41) is 2.91. The smallest absolute Gasteiger partial charge is 0.408 e. The van der Waals surface area contributed by atoms with Crippen LogP contribution in [0.1, 0.15) is 34.6 Å². The molecule has 1 amide bonds. The molecular weight excluding hydrogens is 192 g/mol. The molecule has 1 heterocycles. The second-order valence-electron chi connectivity index (χ2n) is 5.49. The number of amides is 1. The van der Waals surface area contributed by atoms with Gasteiger partial charge in [-0.3, -0.25) is 4.90 Å². The standard InChI is InChI=1S/C11H22N2O2/c1-6-13-7-11(5,8-13)12-9(14)15-10(2,3)4/h6-8H2,1-5H3,(H,12,14). The van der Waals surface area contributed by atoms with Gasteiger partial charge in [-0.2, -0.15) is 0 Å². The lowest BCUT2D eigenvalue weighted by atomic mass is 9.92. The van der Waals surface area contributed by atoms with E-state index < -0.39 is 5.60 Å². The molecule has 0 spiro atoms. The second kappa shape index (κ2) is 4.00. The zero-order chi connectivity index (χ0) is 11.7. The van der Waals surface area contributed by atoms with E-state index in [-0.39, 0.29) is 11.6 Å². The first-order valence-corrected chi connectivity index (χ1v) is 5.48. The van der Waals surface area contributed by atoms with E-state index in [2.05, 4.69) is 17.1 Å². The number of hydrogen-bond donors (Lipinski definition) is 1. The lowest BCUT2D eigenvalue weighted by molar-refractivity contribution is 0.0197. The molecule has 0 saturated carbocycles. The fraction of sp³-hybridized carbons (Fsp3) is 0.909. The molecule has 4 heteroatoms. The molecule has 0 unspecified atom stereocenters. The van der Waals surface area contributed by atoms with Gasteiger partial charge in [0.2, 0.25) is 0 Å². The number of rotatable bonds is 2. The molecule has 0 atom stereocenters. The van der Waals surface area contributed by atoms with Crippen molar-refractivity contribution in [3.05, 3.63) is 0 Å². The average molecular weight is 214 g/mol. The summed E-state index contributed by atoms with van der Waals surface area (Å²) in [7, 11) is 0. The molecule has 1 aliphatic heterocycles. The lowest BCUT2D eigenvalue weighted by Gasteiger charge is -2.47. The summed E-state index contributed by atoms with van der Waals surface area (Å²) in [5.74, 6) is 0. The number of carbonyl (C=O) groups excluding carboxylic acids is 1. The van der Waals surface area contributed by atoms with Crippen LogP contribution < -0.4 is 5.32 Å². The van der Waals surface area contributed by atoms with Crippen LogP contribution in [0.25, 0.3) is 0 Å². The predicted octanol–water partition coefficient (Wildman–Crippen LogP) is 1.61. The van der Waals surface area contributed by atoms with Gasteiger partial charge in [-0.1, -0.05) is 6.92 Å². The third-order valence-electron chi connectivity index (χ3n) is 2.40. The van der Waals surface area contributed by atoms with Crippen molar-refractivity contribution in [1.29, 1.82) is 0 Å². The number of likely N-dealkylation sites (tertiary alicyclic amines) is 1. The highest BCUT2D eigenvalue weighted by molar-refractivity contribution is 5.69. The second-order valence-corrected chi connectivity index (χ2v) is 5.49. The fourth-order valence-corrected chi connectivity index (χ4v) is 1.79. The van der Waals surface area contributed by atoms with Gasteiger partial charge < -0.3 is 10.1 Å². The molecule has 1 N–H and O–H groups in total. The van der Waals surface area contributed by atoms with E-state index in [1.807, 2.05) is 27.7 Å². The summed E-state index contributed by atoms with van der Waals surface area (Å²) in [5.41, 5.74) is -0.535. The van der Waals surface area contributed by atoms with Crippen molar-refractivity contribution in [2.24, 2.45) is 0 Å². The van der Waals surface area contributed by atoms with Crippen LogP contribution >= 0.6 is 0 Å². The van der Waals surface area contributed by atoms with Crippen molar-refractivity contribution in [2.45, 2.75) is 45.8 Å². The van der Waals surface area contributed by atoms with E-state index in [0.717, 1.165) is 19.6 Å². The van der Waals surface area contributed by atoms with Gasteiger partial charge >= 0.3 is 6.09 Å². The molecule has 1 saturated heterocycles. The number of nitrogens with one attached hydrogen (secondary N) is 1. The minimum absolute atomic E-state index is 0.113. The summed E-state index contributed by atoms with van der Waals surface area (Å²) < 4.78 is 5.21. The van der Waals surface area contributed by atoms with E-state index in [1.54, 1.807) is 0 Å². The summed E-state index contributed by atoms with van der Waals surface area (Å²) in [6, 6.07) is 0. The Morgan fingerprint density at radius 1 is 1.47 bits per heavy atom. The topological polar surface area (TPSA) is 41.6 Å². The Kier molecular flexibility index (Phi) is 3.28. The highest BCUT2D eigenvalue weighted by Gasteiger charge is 2.39. The zero-order valence-electron chi connectivity index (χ0n) is 10.4. The van der Waals surface area contributed by atoms with Gasteiger partial charge in [0.1, 0.15) is 5.60 Å². The predicted molar refractivity (Wildman–Crippen MR) is 59.9 cm³/mol. The number of hydrogen-bond acceptors (Lipinski definition) is 3. The average Bonchev–Trinajstić information content (AvgIpc) is 1.95. The molecule has 0 aromatic carbocycles. The third kappa shape index (κ3) is 3.70. The van der Waals surface area contributed by atoms with Gasteiger partial charge in [-0.15, -0.1) is 0 Å². The summed E-state index contributed by atoms with van der Waals surface area (Å²) in [6.07, 6.45) is -0.319. The molecule has 88 valence electrons. The molecule has 1 fully saturated rings. The van der Waals surface area contributed by atoms with E-state index in [4.69, 9.17) is 4.74 Å². The van der Waals surface area contributed by atoms with Crippen molar-refractivity contribution in [1.82, 2.24) is 10.2 Å². The first kappa shape index (κ1) is 12.3. The van der Waals surface area contributed by atoms with Gasteiger partial charge in [0.15, 0.2) is 0 Å². The minimum atomic E-state index is -0.422. The number of nitrogens with zero attached hydrogens (tertiary/aromatic N) is 1. The Hall–Kier alpha value is -0.770. The molecule has 4 nitrogen and oxygen atoms in total. The Labute approximate surface area is 92.0 Å². The van der Waals surface area contributed by atoms with E-state index in [0.29, 0.717) is 0 Å². The van der Waals surface area contributed by atoms with Crippen LogP contribution in [-0.2, 0) is 4.74 Å². The van der Waals surface area contributed by atoms with Crippen molar-refractivity contribution < 1.29 is 9.53 Å². The molecule has 0 radical (unpaired) electrons. The van der Waals surface area contributed by atoms with E-state index in [9.17, 15) is 4.79 Å². The quantitative estimate of drug-likeness (QED) is 0.759. The largest absolute Gasteiger partial charge is 0.444 e. The molecular formula is C11H22N2O2. The molecule has 1 rings (SSSR count). The molecule has 1 aliphatic rings. The number of likely N-dealkylation sites (N-methyl/N-ethyl adjacent to an activating group) is 1. The Morgan fingerprint density at radius 2 is 2.00 bits per heavy atom. The zero-order valence-corrected chi connectivity index (χ0v) is 10.4. The minimum Gasteiger partial charge on any atom is -0.444 e. The number of alkyl carbamates (subject to hydrolysis) is 1. The third-order valence-corrected chi connectivity index (χ3v) is 2.40. The van der Waals surface area contributed by atoms with E-state index >= 15 is 0 Å². The van der Waals surface area contributed by atoms with Crippen molar-refractivity contribution >= 4 is 6.09 Å². The maximum Gasteiger partial charge on any atom is 0.408 e. The normalized spacial score (nSPS) is 20.6. The van der Waals surface area contributed by atoms with Crippen LogP contribution in [0.15, 0.2) is 0 Å². The van der Waals surface area contributed by atoms with Crippen LogP contribution in [-0.4, -0.2) is 41.8 Å². The monoisotopic (exact) mass is 214 g/mol. The van der Waals surface area contributed by atoms with Crippen LogP contribution in [0.5, 0.6) is 0 Å². The van der Waals surface area contributed by atoms with Gasteiger partial charge in [0, 0.05) is 13.1 Å². The maximum absolute atomic E-state index is 11.5. The summed E-state index contributed by atoms with van der Waals surface area (Å²) in [4.78, 5) is 13.8.